The van der Waals surface area contributed by atoms with E-state index in [9.17, 15) is 13.2 Å². The molecule has 0 aliphatic carbocycles. The van der Waals surface area contributed by atoms with Crippen molar-refractivity contribution in [3.8, 4) is 0 Å². The van der Waals surface area contributed by atoms with Gasteiger partial charge in [0, 0.05) is 0 Å². The fourth-order valence-corrected chi connectivity index (χ4v) is 2.66. The van der Waals surface area contributed by atoms with Crippen molar-refractivity contribution < 1.29 is 26.9 Å². The van der Waals surface area contributed by atoms with Gasteiger partial charge in [0.05, 0.1) is 25.0 Å². The van der Waals surface area contributed by atoms with Crippen LogP contribution in [0, 0.1) is 0 Å². The Morgan fingerprint density at radius 3 is 2.29 bits per heavy atom. The summed E-state index contributed by atoms with van der Waals surface area (Å²) in [4.78, 5) is 13.8. The summed E-state index contributed by atoms with van der Waals surface area (Å²) in [5.74, 6) is 0. The van der Waals surface area contributed by atoms with E-state index in [2.05, 4.69) is 0 Å². The van der Waals surface area contributed by atoms with Gasteiger partial charge < -0.3 is 9.47 Å². The molecule has 0 radical (unpaired) electrons. The van der Waals surface area contributed by atoms with E-state index in [0.717, 1.165) is 6.26 Å². The van der Waals surface area contributed by atoms with E-state index in [1.165, 1.54) is 4.90 Å². The largest absolute Gasteiger partial charge is 0.444 e. The summed E-state index contributed by atoms with van der Waals surface area (Å²) in [6.45, 7) is 10.4. The van der Waals surface area contributed by atoms with Crippen molar-refractivity contribution in [2.24, 2.45) is 0 Å². The zero-order valence-electron chi connectivity index (χ0n) is 13.7. The van der Waals surface area contributed by atoms with Gasteiger partial charge in [-0.25, -0.2) is 4.79 Å². The van der Waals surface area contributed by atoms with Gasteiger partial charge in [-0.3, -0.25) is 9.08 Å². The van der Waals surface area contributed by atoms with Crippen LogP contribution in [-0.4, -0.2) is 55.7 Å². The first-order valence-electron chi connectivity index (χ1n) is 6.77. The Labute approximate surface area is 126 Å². The Balaban J connectivity index is 2.95. The molecule has 0 bridgehead atoms. The van der Waals surface area contributed by atoms with Crippen LogP contribution in [0.4, 0.5) is 4.79 Å². The van der Waals surface area contributed by atoms with Crippen molar-refractivity contribution >= 4 is 16.2 Å². The third-order valence-electron chi connectivity index (χ3n) is 2.97. The predicted molar refractivity (Wildman–Crippen MR) is 77.3 cm³/mol. The van der Waals surface area contributed by atoms with Crippen LogP contribution >= 0.6 is 0 Å². The molecule has 1 fully saturated rings. The fraction of sp³-hybridized carbons (Fsp3) is 0.923. The number of carbonyl (C=O) groups is 1. The normalized spacial score (nSPS) is 26.0. The van der Waals surface area contributed by atoms with E-state index in [4.69, 9.17) is 13.7 Å². The van der Waals surface area contributed by atoms with Gasteiger partial charge in [-0.05, 0) is 41.5 Å². The van der Waals surface area contributed by atoms with Crippen molar-refractivity contribution in [2.75, 3.05) is 12.9 Å². The van der Waals surface area contributed by atoms with Crippen LogP contribution in [0.5, 0.6) is 0 Å². The Hall–Kier alpha value is -0.860. The molecule has 2 atom stereocenters. The molecule has 1 amide bonds. The van der Waals surface area contributed by atoms with Crippen molar-refractivity contribution in [3.63, 3.8) is 0 Å². The maximum absolute atomic E-state index is 12.4. The van der Waals surface area contributed by atoms with E-state index < -0.39 is 33.6 Å². The summed E-state index contributed by atoms with van der Waals surface area (Å²) in [7, 11) is -3.59. The number of nitrogens with zero attached hydrogens (tertiary/aromatic N) is 1. The number of amides is 1. The van der Waals surface area contributed by atoms with Gasteiger partial charge in [-0.15, -0.1) is 0 Å². The van der Waals surface area contributed by atoms with E-state index in [1.807, 2.05) is 0 Å². The minimum Gasteiger partial charge on any atom is -0.444 e. The average Bonchev–Trinajstić information content (AvgIpc) is 2.40. The maximum atomic E-state index is 12.4. The lowest BCUT2D eigenvalue weighted by Crippen LogP contribution is -2.51. The lowest BCUT2D eigenvalue weighted by Gasteiger charge is -2.34. The molecule has 0 N–H and O–H groups in total. The molecule has 1 aliphatic rings. The lowest BCUT2D eigenvalue weighted by molar-refractivity contribution is -0.0760. The molecule has 0 spiro atoms. The molecule has 0 unspecified atom stereocenters. The summed E-state index contributed by atoms with van der Waals surface area (Å²) < 4.78 is 38.3. The summed E-state index contributed by atoms with van der Waals surface area (Å²) >= 11 is 0. The lowest BCUT2D eigenvalue weighted by atomic mass is 10.1. The second kappa shape index (κ2) is 5.73. The molecule has 1 saturated heterocycles. The number of rotatable bonds is 3. The highest BCUT2D eigenvalue weighted by Crippen LogP contribution is 2.33. The van der Waals surface area contributed by atoms with E-state index >= 15 is 0 Å². The minimum atomic E-state index is -3.59. The molecule has 1 rings (SSSR count). The van der Waals surface area contributed by atoms with Gasteiger partial charge in [0.15, 0.2) is 0 Å². The molecule has 8 heteroatoms. The number of carbonyl (C=O) groups excluding carboxylic acids is 1. The van der Waals surface area contributed by atoms with Gasteiger partial charge >= 0.3 is 6.09 Å². The van der Waals surface area contributed by atoms with E-state index in [1.54, 1.807) is 41.5 Å². The van der Waals surface area contributed by atoms with Gasteiger partial charge in [-0.2, -0.15) is 8.42 Å². The molecule has 0 aromatic rings. The Morgan fingerprint density at radius 1 is 1.33 bits per heavy atom. The van der Waals surface area contributed by atoms with Crippen molar-refractivity contribution in [3.05, 3.63) is 0 Å². The van der Waals surface area contributed by atoms with Crippen LogP contribution in [0.3, 0.4) is 0 Å². The first kappa shape index (κ1) is 18.2. The van der Waals surface area contributed by atoms with E-state index in [0.29, 0.717) is 0 Å². The third-order valence-corrected chi connectivity index (χ3v) is 3.54. The minimum absolute atomic E-state index is 0.164. The Morgan fingerprint density at radius 2 is 1.86 bits per heavy atom. The van der Waals surface area contributed by atoms with Crippen LogP contribution in [0.1, 0.15) is 41.5 Å². The summed E-state index contributed by atoms with van der Waals surface area (Å²) in [5.41, 5.74) is -1.55. The highest BCUT2D eigenvalue weighted by Gasteiger charge is 2.50. The SMILES string of the molecule is C[C@H]1OC(C)(C)N(C(=O)OC(C)(C)C)[C@@H]1COS(C)(=O)=O. The van der Waals surface area contributed by atoms with Gasteiger partial charge in [-0.1, -0.05) is 0 Å². The Kier molecular flexibility index (Phi) is 4.97. The summed E-state index contributed by atoms with van der Waals surface area (Å²) in [5, 5.41) is 0. The molecule has 1 aliphatic heterocycles. The van der Waals surface area contributed by atoms with Gasteiger partial charge in [0.1, 0.15) is 11.3 Å². The molecule has 0 aromatic heterocycles. The van der Waals surface area contributed by atoms with Crippen LogP contribution in [0.2, 0.25) is 0 Å². The van der Waals surface area contributed by atoms with Gasteiger partial charge in [0.25, 0.3) is 10.1 Å². The summed E-state index contributed by atoms with van der Waals surface area (Å²) in [6.07, 6.45) is 0.0457. The van der Waals surface area contributed by atoms with Crippen molar-refractivity contribution in [2.45, 2.75) is 65.0 Å². The topological polar surface area (TPSA) is 82.1 Å². The molecule has 7 nitrogen and oxygen atoms in total. The third kappa shape index (κ3) is 5.12. The average molecular weight is 323 g/mol. The molecule has 21 heavy (non-hydrogen) atoms. The van der Waals surface area contributed by atoms with Crippen LogP contribution in [-0.2, 0) is 23.8 Å². The van der Waals surface area contributed by atoms with Crippen LogP contribution in [0.15, 0.2) is 0 Å². The number of hydrogen-bond acceptors (Lipinski definition) is 6. The molecule has 0 aromatic carbocycles. The highest BCUT2D eigenvalue weighted by molar-refractivity contribution is 7.85. The fourth-order valence-electron chi connectivity index (χ4n) is 2.27. The predicted octanol–water partition coefficient (Wildman–Crippen LogP) is 1.72. The van der Waals surface area contributed by atoms with Crippen LogP contribution < -0.4 is 0 Å². The highest BCUT2D eigenvalue weighted by atomic mass is 32.2. The quantitative estimate of drug-likeness (QED) is 0.736. The Bertz CT molecular complexity index is 493. The number of hydrogen-bond donors (Lipinski definition) is 0. The summed E-state index contributed by atoms with van der Waals surface area (Å²) in [6, 6.07) is -0.537. The first-order valence-corrected chi connectivity index (χ1v) is 8.59. The monoisotopic (exact) mass is 323 g/mol. The molecule has 1 heterocycles. The maximum Gasteiger partial charge on any atom is 0.412 e. The second-order valence-corrected chi connectivity index (χ2v) is 8.32. The second-order valence-electron chi connectivity index (χ2n) is 6.68. The molecular formula is C13H25NO6S. The zero-order valence-corrected chi connectivity index (χ0v) is 14.5. The van der Waals surface area contributed by atoms with Crippen molar-refractivity contribution in [1.29, 1.82) is 0 Å². The van der Waals surface area contributed by atoms with Gasteiger partial charge in [0.2, 0.25) is 0 Å². The molecule has 0 saturated carbocycles. The standard InChI is InChI=1S/C13H25NO6S/c1-9-10(8-18-21(7,16)17)14(13(5,6)19-9)11(15)20-12(2,3)4/h9-10H,8H2,1-7H3/t9-,10-/m1/s1. The van der Waals surface area contributed by atoms with Crippen molar-refractivity contribution in [1.82, 2.24) is 4.90 Å². The van der Waals surface area contributed by atoms with Crippen LogP contribution in [0.25, 0.3) is 0 Å². The zero-order chi connectivity index (χ0) is 16.6. The van der Waals surface area contributed by atoms with E-state index in [-0.39, 0.29) is 12.7 Å². The molecular weight excluding hydrogens is 298 g/mol. The first-order chi connectivity index (χ1) is 9.23. The molecule has 124 valence electrons. The smallest absolute Gasteiger partial charge is 0.412 e. The number of ether oxygens (including phenoxy) is 2.